The molecule has 8 heteroatoms. The zero-order valence-corrected chi connectivity index (χ0v) is 16.7. The van der Waals surface area contributed by atoms with Crippen LogP contribution in [0, 0.1) is 6.92 Å². The summed E-state index contributed by atoms with van der Waals surface area (Å²) >= 11 is 1.31. The molecule has 0 saturated heterocycles. The summed E-state index contributed by atoms with van der Waals surface area (Å²) in [5, 5.41) is 6.68. The van der Waals surface area contributed by atoms with Crippen LogP contribution in [0.2, 0.25) is 0 Å². The third-order valence-electron chi connectivity index (χ3n) is 4.04. The van der Waals surface area contributed by atoms with Gasteiger partial charge in [-0.3, -0.25) is 10.1 Å². The van der Waals surface area contributed by atoms with Crippen LogP contribution in [0.4, 0.5) is 4.79 Å². The van der Waals surface area contributed by atoms with E-state index in [0.29, 0.717) is 10.6 Å². The molecule has 0 fully saturated rings. The number of rotatable bonds is 5. The van der Waals surface area contributed by atoms with E-state index in [4.69, 9.17) is 4.74 Å². The zero-order valence-electron chi connectivity index (χ0n) is 15.8. The van der Waals surface area contributed by atoms with E-state index in [1.807, 2.05) is 31.2 Å². The Bertz CT molecular complexity index is 1020. The molecule has 29 heavy (non-hydrogen) atoms. The fourth-order valence-electron chi connectivity index (χ4n) is 2.50. The van der Waals surface area contributed by atoms with Crippen LogP contribution in [-0.4, -0.2) is 29.9 Å². The van der Waals surface area contributed by atoms with E-state index in [1.54, 1.807) is 35.7 Å². The van der Waals surface area contributed by atoms with Crippen molar-refractivity contribution in [2.45, 2.75) is 13.0 Å². The van der Waals surface area contributed by atoms with Crippen LogP contribution in [0.1, 0.15) is 27.7 Å². The number of hydrogen-bond donors (Lipinski definition) is 2. The van der Waals surface area contributed by atoms with Crippen LogP contribution in [-0.2, 0) is 9.53 Å². The summed E-state index contributed by atoms with van der Waals surface area (Å²) in [5.41, 5.74) is 2.55. The third kappa shape index (κ3) is 5.05. The highest BCUT2D eigenvalue weighted by atomic mass is 32.1. The van der Waals surface area contributed by atoms with Gasteiger partial charge in [-0.1, -0.05) is 60.2 Å². The Morgan fingerprint density at radius 1 is 1.03 bits per heavy atom. The lowest BCUT2D eigenvalue weighted by molar-refractivity contribution is -0.129. The van der Waals surface area contributed by atoms with Crippen molar-refractivity contribution in [3.05, 3.63) is 76.8 Å². The van der Waals surface area contributed by atoms with Gasteiger partial charge in [0.2, 0.25) is 6.10 Å². The first-order valence-corrected chi connectivity index (χ1v) is 9.67. The van der Waals surface area contributed by atoms with Crippen LogP contribution in [0.25, 0.3) is 10.6 Å². The summed E-state index contributed by atoms with van der Waals surface area (Å²) in [6, 6.07) is 15.5. The van der Waals surface area contributed by atoms with Gasteiger partial charge in [0, 0.05) is 23.6 Å². The first kappa shape index (κ1) is 20.2. The van der Waals surface area contributed by atoms with Crippen molar-refractivity contribution in [2.24, 2.45) is 0 Å². The Hall–Kier alpha value is -3.52. The normalized spacial score (nSPS) is 11.4. The molecule has 0 saturated carbocycles. The van der Waals surface area contributed by atoms with Crippen molar-refractivity contribution in [2.75, 3.05) is 7.05 Å². The van der Waals surface area contributed by atoms with Crippen molar-refractivity contribution in [3.8, 4) is 10.6 Å². The molecule has 0 radical (unpaired) electrons. The molecule has 2 aromatic carbocycles. The second kappa shape index (κ2) is 9.11. The number of amides is 3. The Balaban J connectivity index is 1.80. The second-order valence-electron chi connectivity index (χ2n) is 6.17. The fraction of sp³-hybridized carbons (Fsp3) is 0.143. The highest BCUT2D eigenvalue weighted by Gasteiger charge is 2.28. The number of esters is 1. The summed E-state index contributed by atoms with van der Waals surface area (Å²) in [6.45, 7) is 1.99. The van der Waals surface area contributed by atoms with Gasteiger partial charge in [0.15, 0.2) is 5.69 Å². The minimum absolute atomic E-state index is 0.0965. The number of nitrogens with zero attached hydrogens (tertiary/aromatic N) is 1. The molecule has 0 aliphatic heterocycles. The maximum atomic E-state index is 12.6. The summed E-state index contributed by atoms with van der Waals surface area (Å²) in [5.74, 6) is -1.50. The van der Waals surface area contributed by atoms with Crippen molar-refractivity contribution < 1.29 is 19.1 Å². The molecule has 7 nitrogen and oxygen atoms in total. The highest BCUT2D eigenvalue weighted by Crippen LogP contribution is 2.26. The molecule has 1 heterocycles. The van der Waals surface area contributed by atoms with Crippen LogP contribution < -0.4 is 10.6 Å². The molecule has 0 spiro atoms. The average molecular weight is 409 g/mol. The highest BCUT2D eigenvalue weighted by molar-refractivity contribution is 7.13. The van der Waals surface area contributed by atoms with Crippen molar-refractivity contribution in [3.63, 3.8) is 0 Å². The lowest BCUT2D eigenvalue weighted by atomic mass is 10.1. The van der Waals surface area contributed by atoms with E-state index in [1.165, 1.54) is 18.4 Å². The molecule has 1 unspecified atom stereocenters. The van der Waals surface area contributed by atoms with Gasteiger partial charge in [-0.05, 0) is 6.92 Å². The van der Waals surface area contributed by atoms with Crippen molar-refractivity contribution in [1.29, 1.82) is 0 Å². The Labute approximate surface area is 171 Å². The quantitative estimate of drug-likeness (QED) is 0.629. The van der Waals surface area contributed by atoms with Crippen molar-refractivity contribution in [1.82, 2.24) is 15.6 Å². The SMILES string of the molecule is CNC(=O)NC(=O)C(OC(=O)c1csc(-c2ccc(C)cc2)n1)c1ccccc1. The molecular weight excluding hydrogens is 390 g/mol. The molecule has 0 bridgehead atoms. The van der Waals surface area contributed by atoms with Gasteiger partial charge >= 0.3 is 12.0 Å². The average Bonchev–Trinajstić information content (AvgIpc) is 3.23. The molecule has 3 aromatic rings. The van der Waals surface area contributed by atoms with Gasteiger partial charge in [-0.25, -0.2) is 14.6 Å². The minimum Gasteiger partial charge on any atom is -0.443 e. The number of carbonyl (C=O) groups is 3. The molecule has 2 N–H and O–H groups in total. The number of benzene rings is 2. The molecule has 0 aliphatic rings. The largest absolute Gasteiger partial charge is 0.443 e. The van der Waals surface area contributed by atoms with E-state index in [0.717, 1.165) is 11.1 Å². The summed E-state index contributed by atoms with van der Waals surface area (Å²) in [7, 11) is 1.38. The first-order valence-electron chi connectivity index (χ1n) is 8.79. The number of ether oxygens (including phenoxy) is 1. The number of imide groups is 1. The molecule has 1 atom stereocenters. The second-order valence-corrected chi connectivity index (χ2v) is 7.03. The van der Waals surface area contributed by atoms with Gasteiger partial charge in [-0.2, -0.15) is 0 Å². The lowest BCUT2D eigenvalue weighted by Gasteiger charge is -2.16. The number of nitrogens with one attached hydrogen (secondary N) is 2. The Morgan fingerprint density at radius 2 is 1.72 bits per heavy atom. The molecule has 0 aliphatic carbocycles. The minimum atomic E-state index is -1.29. The number of aryl methyl sites for hydroxylation is 1. The van der Waals surface area contributed by atoms with Crippen LogP contribution in [0.5, 0.6) is 0 Å². The van der Waals surface area contributed by atoms with E-state index in [2.05, 4.69) is 15.6 Å². The monoisotopic (exact) mass is 409 g/mol. The van der Waals surface area contributed by atoms with E-state index in [9.17, 15) is 14.4 Å². The number of carbonyl (C=O) groups excluding carboxylic acids is 3. The maximum Gasteiger partial charge on any atom is 0.358 e. The van der Waals surface area contributed by atoms with Crippen molar-refractivity contribution >= 4 is 29.2 Å². The van der Waals surface area contributed by atoms with Gasteiger partial charge in [0.05, 0.1) is 0 Å². The standard InChI is InChI=1S/C21H19N3O4S/c1-13-8-10-15(11-9-13)19-23-16(12-29-19)20(26)28-17(14-6-4-3-5-7-14)18(25)24-21(27)22-2/h3-12,17H,1-2H3,(H2,22,24,25,27). The fourth-order valence-corrected chi connectivity index (χ4v) is 3.30. The van der Waals surface area contributed by atoms with Crippen LogP contribution in [0.15, 0.2) is 60.0 Å². The molecule has 3 rings (SSSR count). The number of thiazole rings is 1. The lowest BCUT2D eigenvalue weighted by Crippen LogP contribution is -2.41. The Morgan fingerprint density at radius 3 is 2.38 bits per heavy atom. The van der Waals surface area contributed by atoms with Gasteiger partial charge in [0.1, 0.15) is 5.01 Å². The maximum absolute atomic E-state index is 12.6. The molecule has 1 aromatic heterocycles. The summed E-state index contributed by atoms with van der Waals surface area (Å²) < 4.78 is 5.41. The number of urea groups is 1. The van der Waals surface area contributed by atoms with E-state index in [-0.39, 0.29) is 5.69 Å². The summed E-state index contributed by atoms with van der Waals surface area (Å²) in [4.78, 5) is 40.9. The third-order valence-corrected chi connectivity index (χ3v) is 4.93. The predicted octanol–water partition coefficient (Wildman–Crippen LogP) is 3.47. The van der Waals surface area contributed by atoms with Gasteiger partial charge in [-0.15, -0.1) is 11.3 Å². The van der Waals surface area contributed by atoms with E-state index >= 15 is 0 Å². The number of aromatic nitrogens is 1. The van der Waals surface area contributed by atoms with Crippen LogP contribution >= 0.6 is 11.3 Å². The summed E-state index contributed by atoms with van der Waals surface area (Å²) in [6.07, 6.45) is -1.29. The molecular formula is C21H19N3O4S. The first-order chi connectivity index (χ1) is 14.0. The molecule has 3 amide bonds. The van der Waals surface area contributed by atoms with Crippen LogP contribution in [0.3, 0.4) is 0 Å². The van der Waals surface area contributed by atoms with E-state index < -0.39 is 24.0 Å². The Kier molecular flexibility index (Phi) is 6.36. The van der Waals surface area contributed by atoms with Gasteiger partial charge < -0.3 is 10.1 Å². The smallest absolute Gasteiger partial charge is 0.358 e. The predicted molar refractivity (Wildman–Crippen MR) is 109 cm³/mol. The van der Waals surface area contributed by atoms with Gasteiger partial charge in [0.25, 0.3) is 5.91 Å². The number of hydrogen-bond acceptors (Lipinski definition) is 6. The zero-order chi connectivity index (χ0) is 20.8. The molecule has 148 valence electrons. The topological polar surface area (TPSA) is 97.4 Å².